The lowest BCUT2D eigenvalue weighted by Crippen LogP contribution is -2.08. The maximum atomic E-state index is 12.8. The van der Waals surface area contributed by atoms with Gasteiger partial charge in [0, 0.05) is 17.3 Å². The number of aromatic nitrogens is 1. The summed E-state index contributed by atoms with van der Waals surface area (Å²) in [6, 6.07) is 6.14. The van der Waals surface area contributed by atoms with Gasteiger partial charge in [0.05, 0.1) is 4.90 Å². The minimum atomic E-state index is -3.64. The molecule has 0 aliphatic rings. The van der Waals surface area contributed by atoms with Gasteiger partial charge in [-0.3, -0.25) is 0 Å². The summed E-state index contributed by atoms with van der Waals surface area (Å²) in [5.74, 6) is 0.307. The number of rotatable bonds is 4. The summed E-state index contributed by atoms with van der Waals surface area (Å²) in [7, 11) is -3.64. The largest absolute Gasteiger partial charge is 0.384 e. The van der Waals surface area contributed by atoms with Crippen molar-refractivity contribution in [1.29, 1.82) is 0 Å². The molecule has 0 amide bonds. The summed E-state index contributed by atoms with van der Waals surface area (Å²) in [6.45, 7) is 6.42. The molecule has 1 aromatic carbocycles. The van der Waals surface area contributed by atoms with Gasteiger partial charge in [-0.25, -0.2) is 8.42 Å². The molecule has 4 nitrogen and oxygen atoms in total. The molecule has 0 spiro atoms. The smallest absolute Gasteiger partial charge is 0.210 e. The van der Waals surface area contributed by atoms with Gasteiger partial charge in [-0.2, -0.15) is 0 Å². The van der Waals surface area contributed by atoms with Crippen LogP contribution in [0.2, 0.25) is 5.02 Å². The van der Waals surface area contributed by atoms with E-state index in [0.29, 0.717) is 22.9 Å². The van der Waals surface area contributed by atoms with E-state index in [1.54, 1.807) is 19.1 Å². The molecule has 0 saturated heterocycles. The third kappa shape index (κ3) is 2.68. The highest BCUT2D eigenvalue weighted by Gasteiger charge is 2.27. The Balaban J connectivity index is 2.66. The summed E-state index contributed by atoms with van der Waals surface area (Å²) in [5, 5.41) is 0.498. The van der Waals surface area contributed by atoms with Crippen molar-refractivity contribution in [2.24, 2.45) is 0 Å². The van der Waals surface area contributed by atoms with Gasteiger partial charge in [-0.1, -0.05) is 18.5 Å². The molecule has 21 heavy (non-hydrogen) atoms. The number of nitrogen functional groups attached to an aromatic ring is 1. The van der Waals surface area contributed by atoms with Crippen LogP contribution in [0.4, 0.5) is 5.82 Å². The molecule has 1 heterocycles. The van der Waals surface area contributed by atoms with Crippen LogP contribution in [0.15, 0.2) is 34.1 Å². The first-order valence-electron chi connectivity index (χ1n) is 6.76. The third-order valence-electron chi connectivity index (χ3n) is 3.65. The summed E-state index contributed by atoms with van der Waals surface area (Å²) >= 11 is 5.82. The molecule has 114 valence electrons. The third-order valence-corrected chi connectivity index (χ3v) is 5.85. The number of sulfone groups is 1. The Hall–Kier alpha value is -1.46. The molecule has 0 aliphatic carbocycles. The van der Waals surface area contributed by atoms with Crippen molar-refractivity contribution in [3.8, 4) is 0 Å². The van der Waals surface area contributed by atoms with Crippen molar-refractivity contribution < 1.29 is 8.42 Å². The van der Waals surface area contributed by atoms with Gasteiger partial charge >= 0.3 is 0 Å². The predicted molar refractivity (Wildman–Crippen MR) is 85.5 cm³/mol. The Kier molecular flexibility index (Phi) is 4.35. The first kappa shape index (κ1) is 15.9. The maximum absolute atomic E-state index is 12.8. The molecule has 0 radical (unpaired) electrons. The van der Waals surface area contributed by atoms with Crippen LogP contribution >= 0.6 is 11.6 Å². The van der Waals surface area contributed by atoms with Crippen LogP contribution in [0.5, 0.6) is 0 Å². The standard InChI is InChI=1S/C15H19ClN2O2S/c1-4-9-18-11(3)10(2)14(15(18)17)21(19,20)13-7-5-12(16)6-8-13/h5-8H,4,9,17H2,1-3H3. The highest BCUT2D eigenvalue weighted by molar-refractivity contribution is 7.91. The number of anilines is 1. The molecule has 0 atom stereocenters. The molecule has 0 saturated carbocycles. The minimum absolute atomic E-state index is 0.204. The van der Waals surface area contributed by atoms with Gasteiger partial charge in [0.25, 0.3) is 0 Å². The fraction of sp³-hybridized carbons (Fsp3) is 0.333. The quantitative estimate of drug-likeness (QED) is 0.933. The minimum Gasteiger partial charge on any atom is -0.384 e. The van der Waals surface area contributed by atoms with E-state index in [9.17, 15) is 8.42 Å². The fourth-order valence-corrected chi connectivity index (χ4v) is 4.24. The number of hydrogen-bond donors (Lipinski definition) is 1. The summed E-state index contributed by atoms with van der Waals surface area (Å²) in [6.07, 6.45) is 0.888. The van der Waals surface area contributed by atoms with Gasteiger partial charge in [0.1, 0.15) is 10.7 Å². The highest BCUT2D eigenvalue weighted by Crippen LogP contribution is 2.33. The van der Waals surface area contributed by atoms with Gasteiger partial charge in [0.15, 0.2) is 0 Å². The zero-order chi connectivity index (χ0) is 15.8. The van der Waals surface area contributed by atoms with E-state index in [0.717, 1.165) is 12.1 Å². The maximum Gasteiger partial charge on any atom is 0.210 e. The Bertz CT molecular complexity index is 762. The molecule has 2 aromatic rings. The summed E-state index contributed by atoms with van der Waals surface area (Å²) in [5.41, 5.74) is 7.70. The second-order valence-electron chi connectivity index (χ2n) is 5.03. The van der Waals surface area contributed by atoms with Gasteiger partial charge in [0.2, 0.25) is 9.84 Å². The molecular formula is C15H19ClN2O2S. The van der Waals surface area contributed by atoms with E-state index in [-0.39, 0.29) is 9.79 Å². The number of nitrogens with zero attached hydrogens (tertiary/aromatic N) is 1. The van der Waals surface area contributed by atoms with Crippen LogP contribution < -0.4 is 5.73 Å². The van der Waals surface area contributed by atoms with E-state index in [1.807, 2.05) is 18.4 Å². The Morgan fingerprint density at radius 3 is 2.29 bits per heavy atom. The normalized spacial score (nSPS) is 11.8. The molecule has 0 bridgehead atoms. The first-order valence-corrected chi connectivity index (χ1v) is 8.62. The lowest BCUT2D eigenvalue weighted by atomic mass is 10.3. The van der Waals surface area contributed by atoms with Crippen molar-refractivity contribution in [3.05, 3.63) is 40.5 Å². The molecule has 2 N–H and O–H groups in total. The predicted octanol–water partition coefficient (Wildman–Crippen LogP) is 3.58. The second-order valence-corrected chi connectivity index (χ2v) is 7.36. The van der Waals surface area contributed by atoms with Crippen LogP contribution in [-0.4, -0.2) is 13.0 Å². The molecule has 1 aromatic heterocycles. The van der Waals surface area contributed by atoms with Crippen molar-refractivity contribution in [1.82, 2.24) is 4.57 Å². The second kappa shape index (κ2) is 5.73. The lowest BCUT2D eigenvalue weighted by Gasteiger charge is -2.08. The van der Waals surface area contributed by atoms with Crippen LogP contribution in [-0.2, 0) is 16.4 Å². The highest BCUT2D eigenvalue weighted by atomic mass is 35.5. The van der Waals surface area contributed by atoms with Gasteiger partial charge in [-0.15, -0.1) is 0 Å². The average molecular weight is 327 g/mol. The Labute approximate surface area is 130 Å². The van der Waals surface area contributed by atoms with Crippen LogP contribution in [0.1, 0.15) is 24.6 Å². The van der Waals surface area contributed by atoms with E-state index >= 15 is 0 Å². The van der Waals surface area contributed by atoms with Crippen LogP contribution in [0, 0.1) is 13.8 Å². The first-order chi connectivity index (χ1) is 9.80. The van der Waals surface area contributed by atoms with E-state index in [4.69, 9.17) is 17.3 Å². The molecule has 2 rings (SSSR count). The number of nitrogens with two attached hydrogens (primary N) is 1. The molecule has 0 unspecified atom stereocenters. The van der Waals surface area contributed by atoms with Gasteiger partial charge in [-0.05, 0) is 50.1 Å². The van der Waals surface area contributed by atoms with Gasteiger partial charge < -0.3 is 10.3 Å². The lowest BCUT2D eigenvalue weighted by molar-refractivity contribution is 0.595. The van der Waals surface area contributed by atoms with E-state index in [2.05, 4.69) is 0 Å². The molecule has 0 aliphatic heterocycles. The number of halogens is 1. The number of benzene rings is 1. The van der Waals surface area contributed by atoms with Crippen LogP contribution in [0.25, 0.3) is 0 Å². The monoisotopic (exact) mass is 326 g/mol. The van der Waals surface area contributed by atoms with E-state index < -0.39 is 9.84 Å². The van der Waals surface area contributed by atoms with Crippen LogP contribution in [0.3, 0.4) is 0 Å². The van der Waals surface area contributed by atoms with Crippen molar-refractivity contribution in [3.63, 3.8) is 0 Å². The fourth-order valence-electron chi connectivity index (χ4n) is 2.44. The van der Waals surface area contributed by atoms with Crippen molar-refractivity contribution >= 4 is 27.3 Å². The topological polar surface area (TPSA) is 65.1 Å². The molecule has 0 fully saturated rings. The number of hydrogen-bond acceptors (Lipinski definition) is 3. The average Bonchev–Trinajstić information content (AvgIpc) is 2.64. The van der Waals surface area contributed by atoms with Crippen molar-refractivity contribution in [2.45, 2.75) is 43.5 Å². The summed E-state index contributed by atoms with van der Waals surface area (Å²) < 4.78 is 27.5. The molecular weight excluding hydrogens is 308 g/mol. The zero-order valence-corrected chi connectivity index (χ0v) is 13.9. The Morgan fingerprint density at radius 1 is 1.19 bits per heavy atom. The summed E-state index contributed by atoms with van der Waals surface area (Å²) in [4.78, 5) is 0.408. The zero-order valence-electron chi connectivity index (χ0n) is 12.4. The van der Waals surface area contributed by atoms with Crippen molar-refractivity contribution in [2.75, 3.05) is 5.73 Å². The van der Waals surface area contributed by atoms with E-state index in [1.165, 1.54) is 12.1 Å². The Morgan fingerprint density at radius 2 is 1.76 bits per heavy atom. The SMILES string of the molecule is CCCn1c(C)c(C)c(S(=O)(=O)c2ccc(Cl)cc2)c1N. The molecule has 6 heteroatoms.